The third-order valence-corrected chi connectivity index (χ3v) is 3.40. The van der Waals surface area contributed by atoms with E-state index in [-0.39, 0.29) is 6.42 Å². The molecule has 10 heteroatoms. The molecule has 2 amide bonds. The minimum absolute atomic E-state index is 0.328. The predicted molar refractivity (Wildman–Crippen MR) is 77.1 cm³/mol. The highest BCUT2D eigenvalue weighted by molar-refractivity contribution is 6.00. The second kappa shape index (κ2) is 5.62. The van der Waals surface area contributed by atoms with Gasteiger partial charge in [-0.2, -0.15) is 18.2 Å². The molecule has 2 aromatic rings. The van der Waals surface area contributed by atoms with Gasteiger partial charge in [-0.25, -0.2) is 4.68 Å². The first-order chi connectivity index (χ1) is 11.2. The Balaban J connectivity index is 1.90. The second-order valence-electron chi connectivity index (χ2n) is 5.33. The highest BCUT2D eigenvalue weighted by Gasteiger charge is 2.41. The summed E-state index contributed by atoms with van der Waals surface area (Å²) in [5.41, 5.74) is 1.37. The maximum absolute atomic E-state index is 12.7. The zero-order chi connectivity index (χ0) is 17.5. The number of benzene rings is 1. The normalized spacial score (nSPS) is 17.2. The Hall–Kier alpha value is -2.91. The van der Waals surface area contributed by atoms with Crippen LogP contribution in [0, 0.1) is 6.92 Å². The van der Waals surface area contributed by atoms with Gasteiger partial charge in [-0.1, -0.05) is 12.1 Å². The molecule has 0 spiro atoms. The van der Waals surface area contributed by atoms with Gasteiger partial charge in [0.05, 0.1) is 6.42 Å². The lowest BCUT2D eigenvalue weighted by atomic mass is 10.1. The van der Waals surface area contributed by atoms with Crippen molar-refractivity contribution >= 4 is 23.5 Å². The molecule has 0 fully saturated rings. The number of halogens is 3. The Labute approximate surface area is 133 Å². The van der Waals surface area contributed by atoms with Crippen molar-refractivity contribution in [1.82, 2.24) is 14.8 Å². The molecule has 0 bridgehead atoms. The van der Waals surface area contributed by atoms with E-state index in [4.69, 9.17) is 0 Å². The van der Waals surface area contributed by atoms with E-state index in [2.05, 4.69) is 20.7 Å². The number of rotatable bonds is 2. The van der Waals surface area contributed by atoms with Gasteiger partial charge in [0.15, 0.2) is 0 Å². The maximum atomic E-state index is 12.7. The van der Waals surface area contributed by atoms with Crippen LogP contribution in [0.25, 0.3) is 0 Å². The van der Waals surface area contributed by atoms with Gasteiger partial charge in [-0.05, 0) is 24.6 Å². The summed E-state index contributed by atoms with van der Waals surface area (Å²) >= 11 is 0. The van der Waals surface area contributed by atoms with Crippen molar-refractivity contribution in [2.75, 3.05) is 10.6 Å². The Morgan fingerprint density at radius 3 is 2.83 bits per heavy atom. The highest BCUT2D eigenvalue weighted by atomic mass is 19.4. The van der Waals surface area contributed by atoms with Crippen LogP contribution < -0.4 is 10.6 Å². The van der Waals surface area contributed by atoms with Crippen LogP contribution in [0.15, 0.2) is 24.3 Å². The average Bonchev–Trinajstić information content (AvgIpc) is 2.90. The van der Waals surface area contributed by atoms with E-state index >= 15 is 0 Å². The lowest BCUT2D eigenvalue weighted by Crippen LogP contribution is -2.36. The number of alkyl halides is 3. The summed E-state index contributed by atoms with van der Waals surface area (Å²) in [5.74, 6) is -3.06. The summed E-state index contributed by atoms with van der Waals surface area (Å²) < 4.78 is 39.0. The summed E-state index contributed by atoms with van der Waals surface area (Å²) in [6.45, 7) is 1.83. The molecule has 1 atom stereocenters. The molecule has 1 aromatic heterocycles. The smallest absolute Gasteiger partial charge is 0.324 e. The first-order valence-corrected chi connectivity index (χ1v) is 6.95. The largest absolute Gasteiger partial charge is 0.453 e. The molecule has 1 aliphatic rings. The van der Waals surface area contributed by atoms with E-state index in [1.807, 2.05) is 13.0 Å². The first kappa shape index (κ1) is 16.0. The number of nitrogens with zero attached hydrogens (tertiary/aromatic N) is 3. The van der Waals surface area contributed by atoms with Gasteiger partial charge in [0.2, 0.25) is 17.8 Å². The highest BCUT2D eigenvalue weighted by Crippen LogP contribution is 2.31. The van der Waals surface area contributed by atoms with Crippen LogP contribution in [0.4, 0.5) is 24.8 Å². The molecular formula is C14H12F3N5O2. The van der Waals surface area contributed by atoms with Crippen molar-refractivity contribution < 1.29 is 22.8 Å². The van der Waals surface area contributed by atoms with E-state index in [0.29, 0.717) is 5.69 Å². The van der Waals surface area contributed by atoms with Gasteiger partial charge in [-0.15, -0.1) is 5.10 Å². The summed E-state index contributed by atoms with van der Waals surface area (Å²) in [7, 11) is 0. The number of fused-ring (bicyclic) bond motifs is 1. The van der Waals surface area contributed by atoms with Crippen LogP contribution in [-0.4, -0.2) is 26.6 Å². The van der Waals surface area contributed by atoms with Crippen molar-refractivity contribution in [3.63, 3.8) is 0 Å². The van der Waals surface area contributed by atoms with Crippen molar-refractivity contribution in [3.05, 3.63) is 35.7 Å². The summed E-state index contributed by atoms with van der Waals surface area (Å²) in [6.07, 6.45) is -5.10. The number of amides is 2. The van der Waals surface area contributed by atoms with Crippen molar-refractivity contribution in [2.24, 2.45) is 0 Å². The van der Waals surface area contributed by atoms with Crippen LogP contribution in [-0.2, 0) is 15.8 Å². The van der Waals surface area contributed by atoms with Crippen LogP contribution in [0.1, 0.15) is 23.9 Å². The number of hydrogen-bond donors (Lipinski definition) is 2. The molecular weight excluding hydrogens is 327 g/mol. The Bertz CT molecular complexity index is 815. The van der Waals surface area contributed by atoms with Gasteiger partial charge >= 0.3 is 6.18 Å². The minimum atomic E-state index is -4.77. The summed E-state index contributed by atoms with van der Waals surface area (Å²) in [6, 6.07) is 5.68. The molecule has 3 rings (SSSR count). The molecule has 1 aromatic carbocycles. The zero-order valence-corrected chi connectivity index (χ0v) is 12.4. The van der Waals surface area contributed by atoms with Gasteiger partial charge in [0.25, 0.3) is 5.82 Å². The average molecular weight is 339 g/mol. The van der Waals surface area contributed by atoms with Crippen LogP contribution in [0.2, 0.25) is 0 Å². The number of hydrogen-bond acceptors (Lipinski definition) is 4. The third kappa shape index (κ3) is 3.07. The molecule has 2 N–H and O–H groups in total. The Morgan fingerprint density at radius 2 is 2.17 bits per heavy atom. The fourth-order valence-electron chi connectivity index (χ4n) is 2.34. The Morgan fingerprint density at radius 1 is 1.42 bits per heavy atom. The van der Waals surface area contributed by atoms with E-state index in [1.165, 1.54) is 0 Å². The lowest BCUT2D eigenvalue weighted by Gasteiger charge is -2.22. The number of aryl methyl sites for hydroxylation is 1. The van der Waals surface area contributed by atoms with Gasteiger partial charge in [0.1, 0.15) is 6.04 Å². The van der Waals surface area contributed by atoms with E-state index in [1.54, 1.807) is 18.2 Å². The third-order valence-electron chi connectivity index (χ3n) is 3.40. The van der Waals surface area contributed by atoms with Crippen molar-refractivity contribution in [1.29, 1.82) is 0 Å². The SMILES string of the molecule is Cc1cccc(NC(=O)[C@@H]2CC(=O)Nc3nc(C(F)(F)F)nn32)c1. The summed E-state index contributed by atoms with van der Waals surface area (Å²) in [4.78, 5) is 27.3. The predicted octanol–water partition coefficient (Wildman–Crippen LogP) is 2.13. The van der Waals surface area contributed by atoms with Crippen LogP contribution in [0.5, 0.6) is 0 Å². The second-order valence-corrected chi connectivity index (χ2v) is 5.33. The molecule has 24 heavy (non-hydrogen) atoms. The fourth-order valence-corrected chi connectivity index (χ4v) is 2.34. The Kier molecular flexibility index (Phi) is 3.74. The van der Waals surface area contributed by atoms with Gasteiger partial charge in [0, 0.05) is 5.69 Å². The lowest BCUT2D eigenvalue weighted by molar-refractivity contribution is -0.145. The molecule has 0 saturated carbocycles. The number of nitrogens with one attached hydrogen (secondary N) is 2. The number of aromatic nitrogens is 3. The molecule has 126 valence electrons. The fraction of sp³-hybridized carbons (Fsp3) is 0.286. The van der Waals surface area contributed by atoms with Gasteiger partial charge < -0.3 is 5.32 Å². The number of anilines is 2. The van der Waals surface area contributed by atoms with E-state index in [9.17, 15) is 22.8 Å². The topological polar surface area (TPSA) is 88.9 Å². The van der Waals surface area contributed by atoms with Crippen LogP contribution >= 0.6 is 0 Å². The quantitative estimate of drug-likeness (QED) is 0.877. The molecule has 1 aliphatic heterocycles. The zero-order valence-electron chi connectivity index (χ0n) is 12.4. The van der Waals surface area contributed by atoms with E-state index in [0.717, 1.165) is 10.2 Å². The summed E-state index contributed by atoms with van der Waals surface area (Å²) in [5, 5.41) is 8.08. The molecule has 7 nitrogen and oxygen atoms in total. The molecule has 0 saturated heterocycles. The number of carbonyl (C=O) groups excluding carboxylic acids is 2. The van der Waals surface area contributed by atoms with E-state index < -0.39 is 35.8 Å². The first-order valence-electron chi connectivity index (χ1n) is 6.95. The molecule has 0 aliphatic carbocycles. The molecule has 2 heterocycles. The van der Waals surface area contributed by atoms with Crippen molar-refractivity contribution in [3.8, 4) is 0 Å². The van der Waals surface area contributed by atoms with Crippen LogP contribution in [0.3, 0.4) is 0 Å². The monoisotopic (exact) mass is 339 g/mol. The standard InChI is InChI=1S/C14H12F3N5O2/c1-7-3-2-4-8(5-7)18-11(24)9-6-10(23)19-13-20-12(14(15,16)17)21-22(9)13/h2-5,9H,6H2,1H3,(H,18,24)(H,19,20,21,23)/t9-/m0/s1. The minimum Gasteiger partial charge on any atom is -0.324 e. The van der Waals surface area contributed by atoms with Gasteiger partial charge in [-0.3, -0.25) is 14.9 Å². The van der Waals surface area contributed by atoms with Crippen molar-refractivity contribution in [2.45, 2.75) is 25.6 Å². The maximum Gasteiger partial charge on any atom is 0.453 e. The molecule has 0 radical (unpaired) electrons. The molecule has 0 unspecified atom stereocenters. The number of carbonyl (C=O) groups is 2.